The van der Waals surface area contributed by atoms with Crippen LogP contribution in [-0.2, 0) is 16.3 Å². The molecule has 0 radical (unpaired) electrons. The number of nitrogens with zero attached hydrogens (tertiary/aromatic N) is 3. The Kier molecular flexibility index (Phi) is 3.83. The Labute approximate surface area is 132 Å². The van der Waals surface area contributed by atoms with E-state index in [0.717, 1.165) is 22.5 Å². The van der Waals surface area contributed by atoms with Gasteiger partial charge in [0.05, 0.1) is 16.9 Å². The number of halogens is 1. The fourth-order valence-electron chi connectivity index (χ4n) is 2.64. The number of fused-ring (bicyclic) bond motifs is 1. The van der Waals surface area contributed by atoms with Crippen molar-refractivity contribution >= 4 is 48.8 Å². The van der Waals surface area contributed by atoms with Crippen LogP contribution >= 0.6 is 22.9 Å². The van der Waals surface area contributed by atoms with Crippen LogP contribution in [0, 0.1) is 0 Å². The van der Waals surface area contributed by atoms with E-state index in [1.807, 2.05) is 11.8 Å². The second kappa shape index (κ2) is 5.37. The molecule has 114 valence electrons. The molecule has 0 N–H and O–H groups in total. The molecule has 0 amide bonds. The van der Waals surface area contributed by atoms with Gasteiger partial charge in [0.25, 0.3) is 0 Å². The minimum absolute atomic E-state index is 0.108. The average molecular weight is 346 g/mol. The van der Waals surface area contributed by atoms with Crippen molar-refractivity contribution < 1.29 is 8.42 Å². The normalized spacial score (nSPS) is 21.9. The highest BCUT2D eigenvalue weighted by Gasteiger charge is 2.30. The number of aryl methyl sites for hydroxylation is 1. The van der Waals surface area contributed by atoms with E-state index >= 15 is 0 Å². The van der Waals surface area contributed by atoms with Crippen LogP contribution in [0.4, 0.5) is 5.82 Å². The number of hydrogen-bond donors (Lipinski definition) is 0. The van der Waals surface area contributed by atoms with E-state index in [1.165, 1.54) is 4.88 Å². The van der Waals surface area contributed by atoms with Gasteiger partial charge in [-0.1, -0.05) is 6.92 Å². The van der Waals surface area contributed by atoms with E-state index in [2.05, 4.69) is 23.0 Å². The van der Waals surface area contributed by atoms with Crippen LogP contribution in [0.3, 0.4) is 0 Å². The zero-order valence-corrected chi connectivity index (χ0v) is 14.2. The molecule has 0 bridgehead atoms. The Morgan fingerprint density at radius 3 is 2.90 bits per heavy atom. The number of anilines is 1. The van der Waals surface area contributed by atoms with E-state index in [9.17, 15) is 8.42 Å². The molecule has 1 fully saturated rings. The second-order valence-corrected chi connectivity index (χ2v) is 8.94. The summed E-state index contributed by atoms with van der Waals surface area (Å²) in [5, 5.41) is 1.18. The molecule has 8 heteroatoms. The molecule has 1 saturated heterocycles. The van der Waals surface area contributed by atoms with Gasteiger partial charge in [0.1, 0.15) is 10.6 Å². The van der Waals surface area contributed by atoms with Gasteiger partial charge in [-0.05, 0) is 31.0 Å². The molecule has 0 saturated carbocycles. The van der Waals surface area contributed by atoms with Crippen molar-refractivity contribution in [2.75, 3.05) is 23.0 Å². The first kappa shape index (κ1) is 15.0. The summed E-state index contributed by atoms with van der Waals surface area (Å²) in [7, 11) is -2.95. The fraction of sp³-hybridized carbons (Fsp3) is 0.538. The molecule has 0 aromatic carbocycles. The van der Waals surface area contributed by atoms with Crippen molar-refractivity contribution in [2.24, 2.45) is 0 Å². The average Bonchev–Trinajstić information content (AvgIpc) is 2.80. The third-order valence-electron chi connectivity index (χ3n) is 3.69. The maximum atomic E-state index is 11.7. The molecule has 2 aromatic heterocycles. The number of rotatable bonds is 2. The smallest absolute Gasteiger partial charge is 0.225 e. The van der Waals surface area contributed by atoms with Crippen molar-refractivity contribution in [3.05, 3.63) is 16.2 Å². The van der Waals surface area contributed by atoms with Crippen molar-refractivity contribution in [3.63, 3.8) is 0 Å². The lowest BCUT2D eigenvalue weighted by Crippen LogP contribution is -2.47. The van der Waals surface area contributed by atoms with Crippen LogP contribution in [0.1, 0.15) is 18.7 Å². The SMILES string of the molecule is CCc1cc2c(N3CCS(=O)(=O)CC3C)nc(Cl)nc2s1. The van der Waals surface area contributed by atoms with Crippen molar-refractivity contribution in [2.45, 2.75) is 26.3 Å². The molecule has 3 heterocycles. The third-order valence-corrected chi connectivity index (χ3v) is 6.82. The molecule has 1 atom stereocenters. The first-order valence-electron chi connectivity index (χ1n) is 6.82. The molecule has 5 nitrogen and oxygen atoms in total. The fourth-order valence-corrected chi connectivity index (χ4v) is 5.37. The van der Waals surface area contributed by atoms with Gasteiger partial charge in [-0.25, -0.2) is 13.4 Å². The zero-order valence-electron chi connectivity index (χ0n) is 11.8. The van der Waals surface area contributed by atoms with Gasteiger partial charge in [0.2, 0.25) is 5.28 Å². The Bertz CT molecular complexity index is 788. The van der Waals surface area contributed by atoms with Gasteiger partial charge in [0, 0.05) is 17.5 Å². The maximum absolute atomic E-state index is 11.7. The highest BCUT2D eigenvalue weighted by atomic mass is 35.5. The summed E-state index contributed by atoms with van der Waals surface area (Å²) in [6.45, 7) is 4.45. The lowest BCUT2D eigenvalue weighted by Gasteiger charge is -2.34. The predicted octanol–water partition coefficient (Wildman–Crippen LogP) is 2.53. The third kappa shape index (κ3) is 2.86. The number of hydrogen-bond acceptors (Lipinski definition) is 6. The Morgan fingerprint density at radius 1 is 1.48 bits per heavy atom. The lowest BCUT2D eigenvalue weighted by molar-refractivity contribution is 0.567. The number of thiophene rings is 1. The summed E-state index contributed by atoms with van der Waals surface area (Å²) in [6, 6.07) is 1.98. The molecule has 21 heavy (non-hydrogen) atoms. The van der Waals surface area contributed by atoms with Gasteiger partial charge < -0.3 is 4.90 Å². The maximum Gasteiger partial charge on any atom is 0.225 e. The topological polar surface area (TPSA) is 63.2 Å². The van der Waals surface area contributed by atoms with Crippen LogP contribution in [0.2, 0.25) is 5.28 Å². The first-order chi connectivity index (χ1) is 9.89. The van der Waals surface area contributed by atoms with Gasteiger partial charge in [-0.15, -0.1) is 11.3 Å². The molecule has 0 aliphatic carbocycles. The highest BCUT2D eigenvalue weighted by molar-refractivity contribution is 7.91. The molecule has 2 aromatic rings. The molecular formula is C13H16ClN3O2S2. The van der Waals surface area contributed by atoms with Crippen LogP contribution < -0.4 is 4.90 Å². The van der Waals surface area contributed by atoms with Crippen molar-refractivity contribution in [1.82, 2.24) is 9.97 Å². The van der Waals surface area contributed by atoms with Gasteiger partial charge in [-0.3, -0.25) is 0 Å². The number of sulfone groups is 1. The van der Waals surface area contributed by atoms with E-state index in [1.54, 1.807) is 11.3 Å². The Balaban J connectivity index is 2.09. The first-order valence-corrected chi connectivity index (χ1v) is 9.84. The largest absolute Gasteiger partial charge is 0.351 e. The van der Waals surface area contributed by atoms with Crippen LogP contribution in [-0.4, -0.2) is 42.5 Å². The monoisotopic (exact) mass is 345 g/mol. The molecular weight excluding hydrogens is 330 g/mol. The summed E-state index contributed by atoms with van der Waals surface area (Å²) < 4.78 is 23.5. The van der Waals surface area contributed by atoms with E-state index in [4.69, 9.17) is 11.6 Å². The zero-order chi connectivity index (χ0) is 15.2. The van der Waals surface area contributed by atoms with Crippen LogP contribution in [0.25, 0.3) is 10.2 Å². The summed E-state index contributed by atoms with van der Waals surface area (Å²) in [5.74, 6) is 1.06. The van der Waals surface area contributed by atoms with E-state index in [-0.39, 0.29) is 22.8 Å². The Morgan fingerprint density at radius 2 is 2.24 bits per heavy atom. The molecule has 1 aliphatic rings. The van der Waals surface area contributed by atoms with Gasteiger partial charge in [0.15, 0.2) is 9.84 Å². The van der Waals surface area contributed by atoms with Crippen molar-refractivity contribution in [1.29, 1.82) is 0 Å². The molecule has 1 aliphatic heterocycles. The molecule has 1 unspecified atom stereocenters. The minimum Gasteiger partial charge on any atom is -0.351 e. The van der Waals surface area contributed by atoms with Crippen molar-refractivity contribution in [3.8, 4) is 0 Å². The minimum atomic E-state index is -2.95. The highest BCUT2D eigenvalue weighted by Crippen LogP contribution is 2.34. The summed E-state index contributed by atoms with van der Waals surface area (Å²) in [6.07, 6.45) is 0.933. The standard InChI is InChI=1S/C13H16ClN3O2S2/c1-3-9-6-10-11(15-13(14)16-12(10)20-9)17-4-5-21(18,19)7-8(17)2/h6,8H,3-5,7H2,1-2H3. The number of aromatic nitrogens is 2. The summed E-state index contributed by atoms with van der Waals surface area (Å²) >= 11 is 7.65. The van der Waals surface area contributed by atoms with E-state index in [0.29, 0.717) is 6.54 Å². The molecule has 3 rings (SSSR count). The molecule has 0 spiro atoms. The van der Waals surface area contributed by atoms with Crippen LogP contribution in [0.5, 0.6) is 0 Å². The summed E-state index contributed by atoms with van der Waals surface area (Å²) in [5.41, 5.74) is 0. The second-order valence-electron chi connectivity index (χ2n) is 5.26. The van der Waals surface area contributed by atoms with Crippen LogP contribution in [0.15, 0.2) is 6.07 Å². The van der Waals surface area contributed by atoms with Gasteiger partial charge >= 0.3 is 0 Å². The Hall–Kier alpha value is -0.920. The quantitative estimate of drug-likeness (QED) is 0.783. The van der Waals surface area contributed by atoms with E-state index < -0.39 is 9.84 Å². The lowest BCUT2D eigenvalue weighted by atomic mass is 10.2. The van der Waals surface area contributed by atoms with Gasteiger partial charge in [-0.2, -0.15) is 4.98 Å². The predicted molar refractivity (Wildman–Crippen MR) is 87.3 cm³/mol. The summed E-state index contributed by atoms with van der Waals surface area (Å²) in [4.78, 5) is 12.8.